The molecule has 0 radical (unpaired) electrons. The molecule has 0 saturated heterocycles. The second-order valence-corrected chi connectivity index (χ2v) is 7.17. The SMILES string of the molecule is O=C(O)C1CCCCC1C(=O)NCc1ccccc1OCCOc1ccccc1. The van der Waals surface area contributed by atoms with Crippen LogP contribution in [0.2, 0.25) is 0 Å². The molecule has 1 aliphatic carbocycles. The van der Waals surface area contributed by atoms with Gasteiger partial charge in [-0.05, 0) is 31.0 Å². The first-order chi connectivity index (χ1) is 14.1. The highest BCUT2D eigenvalue weighted by Gasteiger charge is 2.35. The molecule has 0 aliphatic heterocycles. The summed E-state index contributed by atoms with van der Waals surface area (Å²) in [6, 6.07) is 17.0. The standard InChI is InChI=1S/C23H27NO5/c25-22(19-11-5-6-12-20(19)23(26)27)24-16-17-8-4-7-13-21(17)29-15-14-28-18-9-2-1-3-10-18/h1-4,7-10,13,19-20H,5-6,11-12,14-16H2,(H,24,25)(H,26,27). The molecule has 2 aromatic carbocycles. The van der Waals surface area contributed by atoms with E-state index in [2.05, 4.69) is 5.32 Å². The third-order valence-electron chi connectivity index (χ3n) is 5.20. The number of rotatable bonds is 9. The average molecular weight is 397 g/mol. The van der Waals surface area contributed by atoms with Crippen molar-refractivity contribution in [3.63, 3.8) is 0 Å². The van der Waals surface area contributed by atoms with Crippen molar-refractivity contribution in [3.05, 3.63) is 60.2 Å². The molecule has 6 heteroatoms. The second kappa shape index (κ2) is 10.5. The van der Waals surface area contributed by atoms with Gasteiger partial charge < -0.3 is 19.9 Å². The number of para-hydroxylation sites is 2. The van der Waals surface area contributed by atoms with Crippen molar-refractivity contribution in [2.24, 2.45) is 11.8 Å². The van der Waals surface area contributed by atoms with Crippen LogP contribution in [-0.4, -0.2) is 30.2 Å². The van der Waals surface area contributed by atoms with Crippen LogP contribution >= 0.6 is 0 Å². The zero-order chi connectivity index (χ0) is 20.5. The highest BCUT2D eigenvalue weighted by atomic mass is 16.5. The molecule has 2 atom stereocenters. The summed E-state index contributed by atoms with van der Waals surface area (Å²) in [4.78, 5) is 24.0. The number of amides is 1. The van der Waals surface area contributed by atoms with Gasteiger partial charge in [0.2, 0.25) is 5.91 Å². The van der Waals surface area contributed by atoms with Gasteiger partial charge in [0, 0.05) is 12.1 Å². The van der Waals surface area contributed by atoms with Crippen molar-refractivity contribution in [1.82, 2.24) is 5.32 Å². The van der Waals surface area contributed by atoms with Crippen LogP contribution in [0.5, 0.6) is 11.5 Å². The monoisotopic (exact) mass is 397 g/mol. The van der Waals surface area contributed by atoms with Gasteiger partial charge in [-0.1, -0.05) is 49.2 Å². The lowest BCUT2D eigenvalue weighted by Gasteiger charge is -2.27. The fourth-order valence-corrected chi connectivity index (χ4v) is 3.67. The van der Waals surface area contributed by atoms with Crippen LogP contribution < -0.4 is 14.8 Å². The molecular weight excluding hydrogens is 370 g/mol. The van der Waals surface area contributed by atoms with Crippen LogP contribution in [0.1, 0.15) is 31.2 Å². The number of hydrogen-bond acceptors (Lipinski definition) is 4. The van der Waals surface area contributed by atoms with Gasteiger partial charge in [0.15, 0.2) is 0 Å². The molecule has 1 fully saturated rings. The van der Waals surface area contributed by atoms with Crippen LogP contribution in [0.25, 0.3) is 0 Å². The predicted molar refractivity (Wildman–Crippen MR) is 109 cm³/mol. The Kier molecular flexibility index (Phi) is 7.50. The second-order valence-electron chi connectivity index (χ2n) is 7.17. The van der Waals surface area contributed by atoms with Crippen molar-refractivity contribution in [3.8, 4) is 11.5 Å². The lowest BCUT2D eigenvalue weighted by molar-refractivity contribution is -0.148. The summed E-state index contributed by atoms with van der Waals surface area (Å²) >= 11 is 0. The minimum absolute atomic E-state index is 0.195. The highest BCUT2D eigenvalue weighted by Crippen LogP contribution is 2.30. The van der Waals surface area contributed by atoms with Crippen molar-refractivity contribution in [2.75, 3.05) is 13.2 Å². The average Bonchev–Trinajstić information content (AvgIpc) is 2.76. The third kappa shape index (κ3) is 5.98. The number of hydrogen-bond donors (Lipinski definition) is 2. The van der Waals surface area contributed by atoms with E-state index in [0.29, 0.717) is 38.3 Å². The van der Waals surface area contributed by atoms with Crippen molar-refractivity contribution in [1.29, 1.82) is 0 Å². The molecule has 3 rings (SSSR count). The molecule has 2 N–H and O–H groups in total. The van der Waals surface area contributed by atoms with Crippen LogP contribution in [0.4, 0.5) is 0 Å². The largest absolute Gasteiger partial charge is 0.490 e. The molecule has 0 aromatic heterocycles. The first-order valence-corrected chi connectivity index (χ1v) is 10.0. The van der Waals surface area contributed by atoms with Gasteiger partial charge in [0.25, 0.3) is 0 Å². The quantitative estimate of drug-likeness (QED) is 0.631. The summed E-state index contributed by atoms with van der Waals surface area (Å²) in [5, 5.41) is 12.3. The Balaban J connectivity index is 1.50. The van der Waals surface area contributed by atoms with Crippen LogP contribution in [0.3, 0.4) is 0 Å². The third-order valence-corrected chi connectivity index (χ3v) is 5.20. The predicted octanol–water partition coefficient (Wildman–Crippen LogP) is 3.65. The molecule has 2 aromatic rings. The van der Waals surface area contributed by atoms with E-state index in [1.165, 1.54) is 0 Å². The molecule has 6 nitrogen and oxygen atoms in total. The zero-order valence-corrected chi connectivity index (χ0v) is 16.4. The van der Waals surface area contributed by atoms with Crippen LogP contribution in [-0.2, 0) is 16.1 Å². The van der Waals surface area contributed by atoms with Crippen LogP contribution in [0, 0.1) is 11.8 Å². The molecule has 1 amide bonds. The molecule has 2 unspecified atom stereocenters. The van der Waals surface area contributed by atoms with Crippen molar-refractivity contribution < 1.29 is 24.2 Å². The maximum absolute atomic E-state index is 12.6. The number of benzene rings is 2. The number of nitrogens with one attached hydrogen (secondary N) is 1. The number of carboxylic acid groups (broad SMARTS) is 1. The summed E-state index contributed by atoms with van der Waals surface area (Å²) < 4.78 is 11.5. The van der Waals surface area contributed by atoms with Crippen molar-refractivity contribution in [2.45, 2.75) is 32.2 Å². The number of ether oxygens (including phenoxy) is 2. The summed E-state index contributed by atoms with van der Waals surface area (Å²) in [5.74, 6) is -0.662. The first kappa shape index (κ1) is 20.7. The first-order valence-electron chi connectivity index (χ1n) is 10.0. The van der Waals surface area contributed by atoms with Gasteiger partial charge >= 0.3 is 5.97 Å². The number of carbonyl (C=O) groups excluding carboxylic acids is 1. The Morgan fingerprint density at radius 1 is 0.897 bits per heavy atom. The Labute approximate surface area is 170 Å². The van der Waals surface area contributed by atoms with Gasteiger partial charge in [-0.2, -0.15) is 0 Å². The Morgan fingerprint density at radius 3 is 2.31 bits per heavy atom. The maximum atomic E-state index is 12.6. The Morgan fingerprint density at radius 2 is 1.55 bits per heavy atom. The van der Waals surface area contributed by atoms with Gasteiger partial charge in [-0.15, -0.1) is 0 Å². The minimum atomic E-state index is -0.882. The van der Waals surface area contributed by atoms with Gasteiger partial charge in [-0.25, -0.2) is 0 Å². The molecule has 154 valence electrons. The number of carbonyl (C=O) groups is 2. The summed E-state index contributed by atoms with van der Waals surface area (Å²) in [7, 11) is 0. The van der Waals surface area contributed by atoms with E-state index in [1.807, 2.05) is 54.6 Å². The highest BCUT2D eigenvalue weighted by molar-refractivity contribution is 5.84. The molecule has 0 spiro atoms. The molecule has 1 saturated carbocycles. The van der Waals surface area contributed by atoms with Gasteiger partial charge in [-0.3, -0.25) is 9.59 Å². The van der Waals surface area contributed by atoms with E-state index >= 15 is 0 Å². The lowest BCUT2D eigenvalue weighted by Crippen LogP contribution is -2.39. The van der Waals surface area contributed by atoms with Gasteiger partial charge in [0.05, 0.1) is 11.8 Å². The zero-order valence-electron chi connectivity index (χ0n) is 16.4. The minimum Gasteiger partial charge on any atom is -0.490 e. The molecular formula is C23H27NO5. The summed E-state index contributed by atoms with van der Waals surface area (Å²) in [5.41, 5.74) is 0.850. The molecule has 0 heterocycles. The van der Waals surface area contributed by atoms with Crippen molar-refractivity contribution >= 4 is 11.9 Å². The topological polar surface area (TPSA) is 84.9 Å². The van der Waals surface area contributed by atoms with E-state index in [4.69, 9.17) is 9.47 Å². The summed E-state index contributed by atoms with van der Waals surface area (Å²) in [6.07, 6.45) is 2.94. The van der Waals surface area contributed by atoms with E-state index in [0.717, 1.165) is 24.2 Å². The molecule has 1 aliphatic rings. The summed E-state index contributed by atoms with van der Waals surface area (Å²) in [6.45, 7) is 1.09. The van der Waals surface area contributed by atoms with E-state index in [-0.39, 0.29) is 5.91 Å². The number of aliphatic carboxylic acids is 1. The molecule has 29 heavy (non-hydrogen) atoms. The van der Waals surface area contributed by atoms with E-state index in [9.17, 15) is 14.7 Å². The Hall–Kier alpha value is -3.02. The fraction of sp³-hybridized carbons (Fsp3) is 0.391. The van der Waals surface area contributed by atoms with Gasteiger partial charge in [0.1, 0.15) is 24.7 Å². The molecule has 0 bridgehead atoms. The number of carboxylic acids is 1. The Bertz CT molecular complexity index is 808. The smallest absolute Gasteiger partial charge is 0.307 e. The lowest BCUT2D eigenvalue weighted by atomic mass is 9.78. The van der Waals surface area contributed by atoms with E-state index in [1.54, 1.807) is 0 Å². The fourth-order valence-electron chi connectivity index (χ4n) is 3.67. The van der Waals surface area contributed by atoms with Crippen LogP contribution in [0.15, 0.2) is 54.6 Å². The normalized spacial score (nSPS) is 18.6. The van der Waals surface area contributed by atoms with E-state index < -0.39 is 17.8 Å². The maximum Gasteiger partial charge on any atom is 0.307 e.